The highest BCUT2D eigenvalue weighted by Crippen LogP contribution is 2.35. The second-order valence-corrected chi connectivity index (χ2v) is 8.36. The van der Waals surface area contributed by atoms with Crippen LogP contribution in [0.1, 0.15) is 70.3 Å². The summed E-state index contributed by atoms with van der Waals surface area (Å²) in [6, 6.07) is 8.16. The minimum Gasteiger partial charge on any atom is -0.207 e. The quantitative estimate of drug-likeness (QED) is 0.401. The Hall–Kier alpha value is -1.77. The van der Waals surface area contributed by atoms with Gasteiger partial charge in [0.25, 0.3) is 0 Å². The molecule has 0 aromatic heterocycles. The molecule has 0 unspecified atom stereocenters. The summed E-state index contributed by atoms with van der Waals surface area (Å²) in [5.74, 6) is 0.00163. The van der Waals surface area contributed by atoms with Crippen LogP contribution in [0.2, 0.25) is 0 Å². The Balaban J connectivity index is 1.54. The van der Waals surface area contributed by atoms with Crippen LogP contribution in [0.4, 0.5) is 13.2 Å². The summed E-state index contributed by atoms with van der Waals surface area (Å²) >= 11 is 0. The first kappa shape index (κ1) is 21.0. The monoisotopic (exact) mass is 388 g/mol. The molecule has 1 fully saturated rings. The fourth-order valence-electron chi connectivity index (χ4n) is 4.52. The topological polar surface area (TPSA) is 0 Å². The molecule has 0 saturated heterocycles. The van der Waals surface area contributed by atoms with Crippen molar-refractivity contribution in [1.82, 2.24) is 0 Å². The van der Waals surface area contributed by atoms with Gasteiger partial charge >= 0.3 is 0 Å². The Bertz CT molecular complexity index is 720. The van der Waals surface area contributed by atoms with Crippen LogP contribution in [0.15, 0.2) is 36.4 Å². The summed E-state index contributed by atoms with van der Waals surface area (Å²) in [5, 5.41) is 0. The smallest absolute Gasteiger partial charge is 0.134 e. The van der Waals surface area contributed by atoms with Crippen LogP contribution in [-0.2, 0) is 6.42 Å². The van der Waals surface area contributed by atoms with Gasteiger partial charge < -0.3 is 0 Å². The van der Waals surface area contributed by atoms with E-state index in [-0.39, 0.29) is 5.56 Å². The van der Waals surface area contributed by atoms with E-state index in [1.807, 2.05) is 0 Å². The van der Waals surface area contributed by atoms with Gasteiger partial charge in [-0.3, -0.25) is 0 Å². The predicted molar refractivity (Wildman–Crippen MR) is 110 cm³/mol. The lowest BCUT2D eigenvalue weighted by atomic mass is 9.77. The van der Waals surface area contributed by atoms with Crippen molar-refractivity contribution in [2.45, 2.75) is 71.1 Å². The number of rotatable bonds is 8. The predicted octanol–water partition coefficient (Wildman–Crippen LogP) is 8.09. The van der Waals surface area contributed by atoms with E-state index in [9.17, 15) is 13.2 Å². The molecule has 2 aromatic rings. The van der Waals surface area contributed by atoms with E-state index in [2.05, 4.69) is 6.92 Å². The standard InChI is InChI=1S/C25H31F3/c1-2-3-4-5-18-6-8-19(9-7-18)10-11-20-16-23(27)25(24(28)17-20)21-12-14-22(26)15-13-21/h12-19H,2-11H2,1H3. The zero-order valence-electron chi connectivity index (χ0n) is 16.8. The van der Waals surface area contributed by atoms with Crippen LogP contribution in [-0.4, -0.2) is 0 Å². The summed E-state index contributed by atoms with van der Waals surface area (Å²) in [6.07, 6.45) is 12.1. The number of benzene rings is 2. The van der Waals surface area contributed by atoms with Crippen molar-refractivity contribution < 1.29 is 13.2 Å². The summed E-state index contributed by atoms with van der Waals surface area (Å²) < 4.78 is 42.1. The molecule has 0 heterocycles. The van der Waals surface area contributed by atoms with Crippen LogP contribution in [0, 0.1) is 29.3 Å². The van der Waals surface area contributed by atoms with Crippen LogP contribution >= 0.6 is 0 Å². The van der Waals surface area contributed by atoms with Gasteiger partial charge in [0.1, 0.15) is 17.5 Å². The molecule has 2 aromatic carbocycles. The molecule has 1 aliphatic rings. The second kappa shape index (κ2) is 10.1. The second-order valence-electron chi connectivity index (χ2n) is 8.36. The lowest BCUT2D eigenvalue weighted by molar-refractivity contribution is 0.249. The molecular weight excluding hydrogens is 357 g/mol. The van der Waals surface area contributed by atoms with Crippen molar-refractivity contribution in [3.8, 4) is 11.1 Å². The first-order valence-corrected chi connectivity index (χ1v) is 10.8. The van der Waals surface area contributed by atoms with Gasteiger partial charge in [0.15, 0.2) is 0 Å². The van der Waals surface area contributed by atoms with Crippen molar-refractivity contribution in [3.63, 3.8) is 0 Å². The van der Waals surface area contributed by atoms with Crippen molar-refractivity contribution in [2.24, 2.45) is 11.8 Å². The molecule has 0 radical (unpaired) electrons. The van der Waals surface area contributed by atoms with Gasteiger partial charge in [-0.2, -0.15) is 0 Å². The van der Waals surface area contributed by atoms with Crippen molar-refractivity contribution in [3.05, 3.63) is 59.4 Å². The Morgan fingerprint density at radius 2 is 1.36 bits per heavy atom. The van der Waals surface area contributed by atoms with Gasteiger partial charge in [0, 0.05) is 0 Å². The molecule has 0 aliphatic heterocycles. The zero-order chi connectivity index (χ0) is 19.9. The summed E-state index contributed by atoms with van der Waals surface area (Å²) in [4.78, 5) is 0. The minimum atomic E-state index is -0.568. The van der Waals surface area contributed by atoms with E-state index in [4.69, 9.17) is 0 Å². The molecule has 28 heavy (non-hydrogen) atoms. The van der Waals surface area contributed by atoms with Crippen LogP contribution < -0.4 is 0 Å². The molecule has 3 heteroatoms. The molecule has 0 N–H and O–H groups in total. The van der Waals surface area contributed by atoms with E-state index in [0.717, 1.165) is 12.3 Å². The average Bonchev–Trinajstić information content (AvgIpc) is 2.68. The highest BCUT2D eigenvalue weighted by Gasteiger charge is 2.21. The van der Waals surface area contributed by atoms with Gasteiger partial charge in [-0.05, 0) is 60.1 Å². The summed E-state index contributed by atoms with van der Waals surface area (Å²) in [6.45, 7) is 2.24. The maximum absolute atomic E-state index is 14.5. The van der Waals surface area contributed by atoms with Gasteiger partial charge in [0.05, 0.1) is 5.56 Å². The Labute approximate surface area is 167 Å². The Morgan fingerprint density at radius 3 is 1.93 bits per heavy atom. The SMILES string of the molecule is CCCCCC1CCC(CCc2cc(F)c(-c3ccc(F)cc3)c(F)c2)CC1. The molecule has 152 valence electrons. The number of unbranched alkanes of at least 4 members (excludes halogenated alkanes) is 2. The lowest BCUT2D eigenvalue weighted by Gasteiger charge is -2.28. The number of hydrogen-bond acceptors (Lipinski definition) is 0. The lowest BCUT2D eigenvalue weighted by Crippen LogP contribution is -2.15. The maximum atomic E-state index is 14.5. The number of halogens is 3. The molecule has 0 bridgehead atoms. The van der Waals surface area contributed by atoms with Crippen molar-refractivity contribution in [1.29, 1.82) is 0 Å². The Kier molecular flexibility index (Phi) is 7.58. The summed E-state index contributed by atoms with van der Waals surface area (Å²) in [7, 11) is 0. The Morgan fingerprint density at radius 1 is 0.786 bits per heavy atom. The third-order valence-corrected chi connectivity index (χ3v) is 6.26. The number of aryl methyl sites for hydroxylation is 1. The normalized spacial score (nSPS) is 19.7. The minimum absolute atomic E-state index is 0.0728. The summed E-state index contributed by atoms with van der Waals surface area (Å²) in [5.41, 5.74) is 1.01. The molecule has 1 aliphatic carbocycles. The zero-order valence-corrected chi connectivity index (χ0v) is 16.8. The van der Waals surface area contributed by atoms with Gasteiger partial charge in [-0.15, -0.1) is 0 Å². The third kappa shape index (κ3) is 5.62. The van der Waals surface area contributed by atoms with E-state index < -0.39 is 17.5 Å². The molecule has 0 spiro atoms. The fraction of sp³-hybridized carbons (Fsp3) is 0.520. The molecule has 1 saturated carbocycles. The molecule has 0 amide bonds. The third-order valence-electron chi connectivity index (χ3n) is 6.26. The van der Waals surface area contributed by atoms with Crippen molar-refractivity contribution in [2.75, 3.05) is 0 Å². The van der Waals surface area contributed by atoms with E-state index in [1.54, 1.807) is 0 Å². The molecule has 3 rings (SSSR count). The first-order valence-electron chi connectivity index (χ1n) is 10.8. The van der Waals surface area contributed by atoms with Gasteiger partial charge in [-0.1, -0.05) is 70.4 Å². The van der Waals surface area contributed by atoms with E-state index in [1.165, 1.54) is 87.8 Å². The highest BCUT2D eigenvalue weighted by molar-refractivity contribution is 5.65. The van der Waals surface area contributed by atoms with E-state index >= 15 is 0 Å². The van der Waals surface area contributed by atoms with Crippen LogP contribution in [0.5, 0.6) is 0 Å². The molecule has 0 atom stereocenters. The average molecular weight is 389 g/mol. The van der Waals surface area contributed by atoms with E-state index in [0.29, 0.717) is 23.5 Å². The fourth-order valence-corrected chi connectivity index (χ4v) is 4.52. The van der Waals surface area contributed by atoms with Crippen LogP contribution in [0.25, 0.3) is 11.1 Å². The van der Waals surface area contributed by atoms with Gasteiger partial charge in [-0.25, -0.2) is 13.2 Å². The maximum Gasteiger partial charge on any atom is 0.134 e. The van der Waals surface area contributed by atoms with Crippen molar-refractivity contribution >= 4 is 0 Å². The molecule has 0 nitrogen and oxygen atoms in total. The van der Waals surface area contributed by atoms with Crippen LogP contribution in [0.3, 0.4) is 0 Å². The first-order chi connectivity index (χ1) is 13.6. The largest absolute Gasteiger partial charge is 0.207 e. The van der Waals surface area contributed by atoms with Gasteiger partial charge in [0.2, 0.25) is 0 Å². The highest BCUT2D eigenvalue weighted by atomic mass is 19.1. The molecular formula is C25H31F3. The number of hydrogen-bond donors (Lipinski definition) is 0.